The topological polar surface area (TPSA) is 37.8 Å². The first-order valence-electron chi connectivity index (χ1n) is 5.43. The fourth-order valence-electron chi connectivity index (χ4n) is 1.55. The van der Waals surface area contributed by atoms with Gasteiger partial charge in [0.15, 0.2) is 0 Å². The Morgan fingerprint density at radius 1 is 1.50 bits per heavy atom. The molecule has 0 saturated heterocycles. The molecule has 0 aliphatic heterocycles. The Labute approximate surface area is 104 Å². The third-order valence-corrected chi connectivity index (χ3v) is 4.02. The van der Waals surface area contributed by atoms with Crippen molar-refractivity contribution in [1.29, 1.82) is 0 Å². The maximum absolute atomic E-state index is 3.94. The second-order valence-corrected chi connectivity index (χ2v) is 5.46. The third-order valence-electron chi connectivity index (χ3n) is 2.35. The minimum Gasteiger partial charge on any atom is -0.309 e. The van der Waals surface area contributed by atoms with E-state index in [0.29, 0.717) is 6.04 Å². The molecule has 1 atom stereocenters. The van der Waals surface area contributed by atoms with Gasteiger partial charge in [-0.05, 0) is 35.9 Å². The molecule has 0 fully saturated rings. The van der Waals surface area contributed by atoms with Crippen LogP contribution >= 0.6 is 22.9 Å². The van der Waals surface area contributed by atoms with E-state index in [0.717, 1.165) is 19.4 Å². The van der Waals surface area contributed by atoms with Crippen LogP contribution in [0.15, 0.2) is 23.7 Å². The second-order valence-electron chi connectivity index (χ2n) is 3.61. The maximum Gasteiger partial charge on any atom is 0.0669 e. The summed E-state index contributed by atoms with van der Waals surface area (Å²) in [6.07, 6.45) is 4.04. The predicted molar refractivity (Wildman–Crippen MR) is 69.0 cm³/mol. The van der Waals surface area contributed by atoms with E-state index in [4.69, 9.17) is 0 Å². The number of nitrogens with one attached hydrogen (secondary N) is 1. The summed E-state index contributed by atoms with van der Waals surface area (Å²) in [5.41, 5.74) is 0. The van der Waals surface area contributed by atoms with Crippen LogP contribution < -0.4 is 5.32 Å². The average Bonchev–Trinajstić information content (AvgIpc) is 2.96. The van der Waals surface area contributed by atoms with Crippen LogP contribution in [0.1, 0.15) is 29.1 Å². The number of thiophene rings is 1. The van der Waals surface area contributed by atoms with Gasteiger partial charge in [0.05, 0.1) is 11.1 Å². The Balaban J connectivity index is 2.03. The number of aromatic nitrogens is 2. The average molecular weight is 253 g/mol. The third kappa shape index (κ3) is 3.10. The first-order valence-corrected chi connectivity index (χ1v) is 7.08. The summed E-state index contributed by atoms with van der Waals surface area (Å²) in [7, 11) is 0. The summed E-state index contributed by atoms with van der Waals surface area (Å²) in [6.45, 7) is 3.22. The smallest absolute Gasteiger partial charge is 0.0669 e. The van der Waals surface area contributed by atoms with Gasteiger partial charge >= 0.3 is 0 Å². The van der Waals surface area contributed by atoms with Gasteiger partial charge in [-0.1, -0.05) is 17.5 Å². The fraction of sp³-hybridized carbons (Fsp3) is 0.455. The standard InChI is InChI=1S/C11H15N3S2/c1-2-5-12-10(11-8-13-14-16-11)7-9-4-3-6-15-9/h3-4,6,8,10,12H,2,5,7H2,1H3. The second kappa shape index (κ2) is 6.08. The van der Waals surface area contributed by atoms with Gasteiger partial charge in [-0.2, -0.15) is 0 Å². The lowest BCUT2D eigenvalue weighted by Gasteiger charge is -2.15. The van der Waals surface area contributed by atoms with E-state index in [1.54, 1.807) is 11.3 Å². The van der Waals surface area contributed by atoms with E-state index in [1.807, 2.05) is 6.20 Å². The number of rotatable bonds is 6. The van der Waals surface area contributed by atoms with Crippen molar-refractivity contribution in [3.8, 4) is 0 Å². The lowest BCUT2D eigenvalue weighted by Crippen LogP contribution is -2.23. The molecule has 86 valence electrons. The fourth-order valence-corrected chi connectivity index (χ4v) is 2.88. The largest absolute Gasteiger partial charge is 0.309 e. The first-order chi connectivity index (χ1) is 7.90. The summed E-state index contributed by atoms with van der Waals surface area (Å²) in [4.78, 5) is 2.63. The summed E-state index contributed by atoms with van der Waals surface area (Å²) < 4.78 is 3.94. The predicted octanol–water partition coefficient (Wildman–Crippen LogP) is 2.88. The quantitative estimate of drug-likeness (QED) is 0.860. The van der Waals surface area contributed by atoms with Gasteiger partial charge in [-0.3, -0.25) is 0 Å². The van der Waals surface area contributed by atoms with Crippen molar-refractivity contribution in [3.63, 3.8) is 0 Å². The Kier molecular flexibility index (Phi) is 4.44. The normalized spacial score (nSPS) is 12.8. The monoisotopic (exact) mass is 253 g/mol. The Bertz CT molecular complexity index is 383. The zero-order valence-electron chi connectivity index (χ0n) is 9.22. The molecule has 2 rings (SSSR count). The molecule has 0 aromatic carbocycles. The minimum absolute atomic E-state index is 0.360. The highest BCUT2D eigenvalue weighted by molar-refractivity contribution is 7.10. The van der Waals surface area contributed by atoms with Gasteiger partial charge in [0.1, 0.15) is 0 Å². The molecule has 2 aromatic rings. The van der Waals surface area contributed by atoms with E-state index >= 15 is 0 Å². The summed E-state index contributed by atoms with van der Waals surface area (Å²) in [5.74, 6) is 0. The summed E-state index contributed by atoms with van der Waals surface area (Å²) in [6, 6.07) is 4.64. The van der Waals surface area contributed by atoms with Crippen molar-refractivity contribution in [2.75, 3.05) is 6.54 Å². The van der Waals surface area contributed by atoms with E-state index in [2.05, 4.69) is 39.3 Å². The molecule has 16 heavy (non-hydrogen) atoms. The zero-order valence-corrected chi connectivity index (χ0v) is 10.9. The molecule has 0 saturated carbocycles. The van der Waals surface area contributed by atoms with Crippen LogP contribution in [0.4, 0.5) is 0 Å². The van der Waals surface area contributed by atoms with Crippen LogP contribution in [0.5, 0.6) is 0 Å². The molecule has 0 amide bonds. The summed E-state index contributed by atoms with van der Waals surface area (Å²) >= 11 is 3.29. The highest BCUT2D eigenvalue weighted by Crippen LogP contribution is 2.22. The SMILES string of the molecule is CCCNC(Cc1cccs1)c1cnns1. The lowest BCUT2D eigenvalue weighted by molar-refractivity contribution is 0.539. The summed E-state index contributed by atoms with van der Waals surface area (Å²) in [5, 5.41) is 9.58. The van der Waals surface area contributed by atoms with E-state index in [1.165, 1.54) is 21.3 Å². The highest BCUT2D eigenvalue weighted by atomic mass is 32.1. The van der Waals surface area contributed by atoms with Crippen molar-refractivity contribution in [3.05, 3.63) is 33.5 Å². The van der Waals surface area contributed by atoms with E-state index < -0.39 is 0 Å². The number of hydrogen-bond acceptors (Lipinski definition) is 5. The molecule has 0 radical (unpaired) electrons. The van der Waals surface area contributed by atoms with Crippen molar-refractivity contribution >= 4 is 22.9 Å². The Hall–Kier alpha value is -0.780. The molecule has 0 bridgehead atoms. The molecule has 1 unspecified atom stereocenters. The van der Waals surface area contributed by atoms with Crippen LogP contribution in [0.25, 0.3) is 0 Å². The number of hydrogen-bond donors (Lipinski definition) is 1. The Morgan fingerprint density at radius 2 is 2.44 bits per heavy atom. The van der Waals surface area contributed by atoms with Gasteiger partial charge in [0.25, 0.3) is 0 Å². The lowest BCUT2D eigenvalue weighted by atomic mass is 10.1. The molecule has 2 heterocycles. The number of nitrogens with zero attached hydrogens (tertiary/aromatic N) is 2. The van der Waals surface area contributed by atoms with Crippen molar-refractivity contribution in [2.45, 2.75) is 25.8 Å². The van der Waals surface area contributed by atoms with Gasteiger partial charge in [0, 0.05) is 17.3 Å². The van der Waals surface area contributed by atoms with Crippen LogP contribution in [-0.4, -0.2) is 16.1 Å². The van der Waals surface area contributed by atoms with E-state index in [-0.39, 0.29) is 0 Å². The van der Waals surface area contributed by atoms with Crippen LogP contribution in [0, 0.1) is 0 Å². The van der Waals surface area contributed by atoms with Crippen molar-refractivity contribution < 1.29 is 0 Å². The zero-order chi connectivity index (χ0) is 11.2. The molecule has 0 spiro atoms. The first kappa shape index (κ1) is 11.7. The van der Waals surface area contributed by atoms with Gasteiger partial charge in [-0.25, -0.2) is 0 Å². The molecular weight excluding hydrogens is 238 g/mol. The molecule has 0 aliphatic rings. The molecule has 5 heteroatoms. The van der Waals surface area contributed by atoms with Gasteiger partial charge < -0.3 is 5.32 Å². The molecule has 0 aliphatic carbocycles. The van der Waals surface area contributed by atoms with Crippen molar-refractivity contribution in [2.24, 2.45) is 0 Å². The van der Waals surface area contributed by atoms with Crippen LogP contribution in [-0.2, 0) is 6.42 Å². The molecule has 2 aromatic heterocycles. The van der Waals surface area contributed by atoms with Crippen LogP contribution in [0.2, 0.25) is 0 Å². The molecular formula is C11H15N3S2. The molecule has 3 nitrogen and oxygen atoms in total. The van der Waals surface area contributed by atoms with Gasteiger partial charge in [0.2, 0.25) is 0 Å². The van der Waals surface area contributed by atoms with Crippen LogP contribution in [0.3, 0.4) is 0 Å². The Morgan fingerprint density at radius 3 is 3.06 bits per heavy atom. The van der Waals surface area contributed by atoms with Crippen molar-refractivity contribution in [1.82, 2.24) is 14.9 Å². The molecule has 1 N–H and O–H groups in total. The van der Waals surface area contributed by atoms with E-state index in [9.17, 15) is 0 Å². The van der Waals surface area contributed by atoms with Gasteiger partial charge in [-0.15, -0.1) is 16.4 Å². The maximum atomic E-state index is 3.94. The minimum atomic E-state index is 0.360. The highest BCUT2D eigenvalue weighted by Gasteiger charge is 2.14.